The zero-order valence-electron chi connectivity index (χ0n) is 16.4. The second-order valence-electron chi connectivity index (χ2n) is 7.41. The fourth-order valence-corrected chi connectivity index (χ4v) is 3.72. The monoisotopic (exact) mass is 399 g/mol. The van der Waals surface area contributed by atoms with Gasteiger partial charge in [-0.2, -0.15) is 0 Å². The zero-order valence-corrected chi connectivity index (χ0v) is 17.2. The topological polar surface area (TPSA) is 90.0 Å². The zero-order chi connectivity index (χ0) is 19.9. The number of nitrogens with zero attached hydrogens (tertiary/aromatic N) is 2. The second kappa shape index (κ2) is 9.89. The fraction of sp³-hybridized carbons (Fsp3) is 0.722. The van der Waals surface area contributed by atoms with Crippen LogP contribution < -0.4 is 5.32 Å². The molecular formula is C18H29N3O5S. The van der Waals surface area contributed by atoms with Gasteiger partial charge in [0.25, 0.3) is 0 Å². The van der Waals surface area contributed by atoms with Crippen LogP contribution in [0, 0.1) is 5.92 Å². The number of rotatable bonds is 6. The van der Waals surface area contributed by atoms with Crippen molar-refractivity contribution < 1.29 is 23.8 Å². The van der Waals surface area contributed by atoms with Crippen LogP contribution in [0.15, 0.2) is 11.6 Å². The first-order chi connectivity index (χ1) is 12.8. The summed E-state index contributed by atoms with van der Waals surface area (Å²) in [7, 11) is 1.32. The minimum absolute atomic E-state index is 0.121. The molecular weight excluding hydrogens is 370 g/mol. The van der Waals surface area contributed by atoms with E-state index < -0.39 is 11.7 Å². The van der Waals surface area contributed by atoms with Crippen LogP contribution in [0.2, 0.25) is 0 Å². The van der Waals surface area contributed by atoms with Crippen molar-refractivity contribution in [2.45, 2.75) is 45.3 Å². The lowest BCUT2D eigenvalue weighted by atomic mass is 9.92. The Labute approximate surface area is 164 Å². The molecule has 1 saturated heterocycles. The molecule has 0 unspecified atom stereocenters. The SMILES string of the molecule is COC(=O)NCCO[C@@H](c1nccs1)[C@@H]1CCCN(C(=O)OC(C)(C)C)C1. The standard InChI is InChI=1S/C18H29N3O5S/c1-18(2,3)26-17(23)21-9-5-6-13(12-21)14(15-19-8-11-27-15)25-10-7-20-16(22)24-4/h8,11,13-14H,5-7,9-10,12H2,1-4H3,(H,20,22)/t13-,14-/m1/s1. The maximum Gasteiger partial charge on any atom is 0.410 e. The summed E-state index contributed by atoms with van der Waals surface area (Å²) in [5.74, 6) is 0.121. The summed E-state index contributed by atoms with van der Waals surface area (Å²) in [6.45, 7) is 7.51. The minimum atomic E-state index is -0.519. The molecule has 2 rings (SSSR count). The molecule has 1 aliphatic heterocycles. The number of likely N-dealkylation sites (tertiary alicyclic amines) is 1. The average molecular weight is 400 g/mol. The van der Waals surface area contributed by atoms with Crippen LogP contribution in [0.5, 0.6) is 0 Å². The number of carbonyl (C=O) groups is 2. The van der Waals surface area contributed by atoms with Crippen molar-refractivity contribution >= 4 is 23.5 Å². The number of methoxy groups -OCH3 is 1. The Bertz CT molecular complexity index is 603. The summed E-state index contributed by atoms with van der Waals surface area (Å²) in [5, 5.41) is 5.39. The number of nitrogens with one attached hydrogen (secondary N) is 1. The summed E-state index contributed by atoms with van der Waals surface area (Å²) in [4.78, 5) is 29.7. The summed E-state index contributed by atoms with van der Waals surface area (Å²) in [6.07, 6.45) is 2.56. The van der Waals surface area contributed by atoms with E-state index in [0.717, 1.165) is 17.8 Å². The van der Waals surface area contributed by atoms with Crippen LogP contribution in [0.25, 0.3) is 0 Å². The van der Waals surface area contributed by atoms with Crippen molar-refractivity contribution in [2.75, 3.05) is 33.4 Å². The average Bonchev–Trinajstić information content (AvgIpc) is 3.14. The number of alkyl carbamates (subject to hydrolysis) is 1. The van der Waals surface area contributed by atoms with Crippen LogP contribution >= 0.6 is 11.3 Å². The van der Waals surface area contributed by atoms with E-state index in [9.17, 15) is 9.59 Å². The van der Waals surface area contributed by atoms with Crippen molar-refractivity contribution in [1.82, 2.24) is 15.2 Å². The predicted octanol–water partition coefficient (Wildman–Crippen LogP) is 3.20. The molecule has 2 amide bonds. The van der Waals surface area contributed by atoms with E-state index in [4.69, 9.17) is 9.47 Å². The van der Waals surface area contributed by atoms with E-state index in [1.165, 1.54) is 18.4 Å². The molecule has 0 spiro atoms. The Morgan fingerprint density at radius 3 is 2.85 bits per heavy atom. The fourth-order valence-electron chi connectivity index (χ4n) is 2.94. The molecule has 0 saturated carbocycles. The van der Waals surface area contributed by atoms with Gasteiger partial charge in [-0.15, -0.1) is 11.3 Å². The number of piperidine rings is 1. The van der Waals surface area contributed by atoms with Crippen molar-refractivity contribution in [3.05, 3.63) is 16.6 Å². The van der Waals surface area contributed by atoms with Gasteiger partial charge in [0.05, 0.1) is 13.7 Å². The van der Waals surface area contributed by atoms with Gasteiger partial charge in [-0.25, -0.2) is 14.6 Å². The molecule has 27 heavy (non-hydrogen) atoms. The molecule has 0 aromatic carbocycles. The third kappa shape index (κ3) is 6.99. The van der Waals surface area contributed by atoms with Gasteiger partial charge in [0.2, 0.25) is 0 Å². The molecule has 1 fully saturated rings. The van der Waals surface area contributed by atoms with E-state index in [2.05, 4.69) is 15.0 Å². The first-order valence-corrected chi connectivity index (χ1v) is 9.99. The maximum atomic E-state index is 12.4. The van der Waals surface area contributed by atoms with Crippen LogP contribution in [0.1, 0.15) is 44.7 Å². The normalized spacial score (nSPS) is 18.7. The minimum Gasteiger partial charge on any atom is -0.453 e. The highest BCUT2D eigenvalue weighted by molar-refractivity contribution is 7.09. The molecule has 0 radical (unpaired) electrons. The molecule has 2 atom stereocenters. The largest absolute Gasteiger partial charge is 0.453 e. The highest BCUT2D eigenvalue weighted by Crippen LogP contribution is 2.34. The molecule has 9 heteroatoms. The van der Waals surface area contributed by atoms with Gasteiger partial charge < -0.3 is 24.4 Å². The summed E-state index contributed by atoms with van der Waals surface area (Å²) >= 11 is 1.53. The lowest BCUT2D eigenvalue weighted by Crippen LogP contribution is -2.44. The lowest BCUT2D eigenvalue weighted by molar-refractivity contribution is -0.0246. The summed E-state index contributed by atoms with van der Waals surface area (Å²) in [6, 6.07) is 0. The van der Waals surface area contributed by atoms with E-state index >= 15 is 0 Å². The van der Waals surface area contributed by atoms with Crippen molar-refractivity contribution in [3.8, 4) is 0 Å². The molecule has 1 N–H and O–H groups in total. The third-order valence-corrected chi connectivity index (χ3v) is 4.92. The van der Waals surface area contributed by atoms with Crippen molar-refractivity contribution in [3.63, 3.8) is 0 Å². The van der Waals surface area contributed by atoms with Crippen LogP contribution in [-0.2, 0) is 14.2 Å². The molecule has 152 valence electrons. The maximum absolute atomic E-state index is 12.4. The molecule has 1 aromatic rings. The van der Waals surface area contributed by atoms with Gasteiger partial charge in [-0.05, 0) is 33.6 Å². The lowest BCUT2D eigenvalue weighted by Gasteiger charge is -2.36. The number of carbonyl (C=O) groups excluding carboxylic acids is 2. The Morgan fingerprint density at radius 1 is 1.44 bits per heavy atom. The molecule has 0 bridgehead atoms. The molecule has 0 aliphatic carbocycles. The van der Waals surface area contributed by atoms with E-state index in [0.29, 0.717) is 26.2 Å². The third-order valence-electron chi connectivity index (χ3n) is 4.09. The number of ether oxygens (including phenoxy) is 3. The van der Waals surface area contributed by atoms with Crippen LogP contribution in [-0.4, -0.2) is 61.0 Å². The number of thiazole rings is 1. The second-order valence-corrected chi connectivity index (χ2v) is 8.33. The van der Waals surface area contributed by atoms with Gasteiger partial charge in [0.1, 0.15) is 16.7 Å². The Hall–Kier alpha value is -1.87. The predicted molar refractivity (Wildman–Crippen MR) is 102 cm³/mol. The van der Waals surface area contributed by atoms with Crippen LogP contribution in [0.3, 0.4) is 0 Å². The van der Waals surface area contributed by atoms with E-state index in [1.54, 1.807) is 11.1 Å². The van der Waals surface area contributed by atoms with Crippen LogP contribution in [0.4, 0.5) is 9.59 Å². The number of amides is 2. The van der Waals surface area contributed by atoms with Gasteiger partial charge in [0, 0.05) is 37.1 Å². The Balaban J connectivity index is 1.97. The molecule has 1 aromatic heterocycles. The van der Waals surface area contributed by atoms with Crippen molar-refractivity contribution in [1.29, 1.82) is 0 Å². The van der Waals surface area contributed by atoms with E-state index in [-0.39, 0.29) is 18.1 Å². The van der Waals surface area contributed by atoms with Gasteiger partial charge in [-0.3, -0.25) is 0 Å². The first kappa shape index (κ1) is 21.4. The molecule has 1 aliphatic rings. The number of aromatic nitrogens is 1. The van der Waals surface area contributed by atoms with Gasteiger partial charge in [0.15, 0.2) is 0 Å². The first-order valence-electron chi connectivity index (χ1n) is 9.11. The quantitative estimate of drug-likeness (QED) is 0.739. The highest BCUT2D eigenvalue weighted by Gasteiger charge is 2.34. The smallest absolute Gasteiger partial charge is 0.410 e. The molecule has 8 nitrogen and oxygen atoms in total. The number of hydrogen-bond acceptors (Lipinski definition) is 7. The number of hydrogen-bond donors (Lipinski definition) is 1. The van der Waals surface area contributed by atoms with Gasteiger partial charge in [-0.1, -0.05) is 0 Å². The highest BCUT2D eigenvalue weighted by atomic mass is 32.1. The van der Waals surface area contributed by atoms with Crippen molar-refractivity contribution in [2.24, 2.45) is 5.92 Å². The summed E-state index contributed by atoms with van der Waals surface area (Å²) in [5.41, 5.74) is -0.519. The molecule has 2 heterocycles. The van der Waals surface area contributed by atoms with E-state index in [1.807, 2.05) is 26.2 Å². The van der Waals surface area contributed by atoms with Gasteiger partial charge >= 0.3 is 12.2 Å². The summed E-state index contributed by atoms with van der Waals surface area (Å²) < 4.78 is 16.1. The Kier molecular flexibility index (Phi) is 7.85. The Morgan fingerprint density at radius 2 is 2.22 bits per heavy atom.